The molecule has 0 bridgehead atoms. The number of ketones is 2. The summed E-state index contributed by atoms with van der Waals surface area (Å²) in [7, 11) is 0. The lowest BCUT2D eigenvalue weighted by Gasteiger charge is -2.60. The third kappa shape index (κ3) is 4.68. The smallest absolute Gasteiger partial charge is 0.336 e. The Balaban J connectivity index is 0.00000181. The van der Waals surface area contributed by atoms with Gasteiger partial charge in [-0.25, -0.2) is 9.59 Å². The molecule has 5 rings (SSSR count). The average Bonchev–Trinajstić information content (AvgIpc) is 3.45. The molecule has 0 aromatic heterocycles. The minimum Gasteiger partial charge on any atom is -0.481 e. The Bertz CT molecular complexity index is 1050. The van der Waals surface area contributed by atoms with E-state index < -0.39 is 41.3 Å². The van der Waals surface area contributed by atoms with Crippen molar-refractivity contribution in [1.82, 2.24) is 0 Å². The zero-order valence-electron chi connectivity index (χ0n) is 24.2. The van der Waals surface area contributed by atoms with Crippen molar-refractivity contribution in [1.29, 1.82) is 0 Å². The van der Waals surface area contributed by atoms with Gasteiger partial charge in [-0.2, -0.15) is 0 Å². The summed E-state index contributed by atoms with van der Waals surface area (Å²) in [5, 5.41) is 28.2. The normalized spacial score (nSPS) is 44.6. The van der Waals surface area contributed by atoms with Crippen molar-refractivity contribution in [2.75, 3.05) is 0 Å². The van der Waals surface area contributed by atoms with Gasteiger partial charge in [-0.1, -0.05) is 34.6 Å². The minimum atomic E-state index is -1.61. The zero-order chi connectivity index (χ0) is 29.8. The summed E-state index contributed by atoms with van der Waals surface area (Å²) in [5.41, 5.74) is -1.00. The van der Waals surface area contributed by atoms with Crippen LogP contribution in [0.5, 0.6) is 0 Å². The van der Waals surface area contributed by atoms with E-state index in [0.29, 0.717) is 25.7 Å². The van der Waals surface area contributed by atoms with Gasteiger partial charge < -0.3 is 24.8 Å². The molecule has 10 unspecified atom stereocenters. The standard InChI is InChI=1S/C28H38O10.C2H6/c1-13(4-7-20(31)32)15-5-6-16-21-17(11-19(30)27(15,16)3)26(2)8-9-28(12-14(26)10-18(21)29)37-22(24(33)34)23(38-28)25(35)36;1-2/h13-17,21-23H,4-12H2,1-3H3,(H,31,32)(H,33,34)(H,35,36);1-2H3. The fraction of sp³-hybridized carbons (Fsp3) is 0.833. The highest BCUT2D eigenvalue weighted by molar-refractivity contribution is 5.92. The van der Waals surface area contributed by atoms with Gasteiger partial charge in [0, 0.05) is 43.4 Å². The van der Waals surface area contributed by atoms with E-state index in [-0.39, 0.29) is 71.8 Å². The van der Waals surface area contributed by atoms with Crippen molar-refractivity contribution in [2.45, 2.75) is 110 Å². The molecule has 4 aliphatic carbocycles. The first kappa shape index (κ1) is 30.6. The first-order chi connectivity index (χ1) is 18.7. The van der Waals surface area contributed by atoms with Gasteiger partial charge in [-0.15, -0.1) is 0 Å². The molecule has 10 heteroatoms. The van der Waals surface area contributed by atoms with Gasteiger partial charge in [0.05, 0.1) is 0 Å². The van der Waals surface area contributed by atoms with Crippen LogP contribution in [0.25, 0.3) is 0 Å². The molecule has 1 saturated heterocycles. The summed E-state index contributed by atoms with van der Waals surface area (Å²) in [6, 6.07) is 0. The van der Waals surface area contributed by atoms with E-state index in [9.17, 15) is 34.2 Å². The number of carbonyl (C=O) groups is 5. The lowest BCUT2D eigenvalue weighted by molar-refractivity contribution is -0.238. The maximum absolute atomic E-state index is 13.9. The molecule has 5 fully saturated rings. The summed E-state index contributed by atoms with van der Waals surface area (Å²) in [6.07, 6.45) is 0.552. The van der Waals surface area contributed by atoms with Crippen LogP contribution >= 0.6 is 0 Å². The Kier molecular flexibility index (Phi) is 8.28. The summed E-state index contributed by atoms with van der Waals surface area (Å²) >= 11 is 0. The predicted molar refractivity (Wildman–Crippen MR) is 141 cm³/mol. The van der Waals surface area contributed by atoms with E-state index in [2.05, 4.69) is 6.92 Å². The lowest BCUT2D eigenvalue weighted by Crippen LogP contribution is -2.61. The van der Waals surface area contributed by atoms with E-state index in [1.54, 1.807) is 0 Å². The first-order valence-electron chi connectivity index (χ1n) is 14.8. The highest BCUT2D eigenvalue weighted by Gasteiger charge is 2.68. The molecule has 1 spiro atoms. The number of fused-ring (bicyclic) bond motifs is 5. The number of ether oxygens (including phenoxy) is 2. The second-order valence-corrected chi connectivity index (χ2v) is 13.0. The van der Waals surface area contributed by atoms with E-state index in [4.69, 9.17) is 14.6 Å². The van der Waals surface area contributed by atoms with Crippen LogP contribution in [0, 0.1) is 46.3 Å². The van der Waals surface area contributed by atoms with Crippen LogP contribution in [-0.4, -0.2) is 62.8 Å². The molecule has 0 aromatic carbocycles. The number of carboxylic acids is 3. The van der Waals surface area contributed by atoms with Crippen LogP contribution in [0.3, 0.4) is 0 Å². The average molecular weight is 565 g/mol. The fourth-order valence-corrected chi connectivity index (χ4v) is 9.28. The Hall–Kier alpha value is -2.33. The third-order valence-corrected chi connectivity index (χ3v) is 11.3. The monoisotopic (exact) mass is 564 g/mol. The molecule has 0 radical (unpaired) electrons. The van der Waals surface area contributed by atoms with Crippen LogP contribution in [0.2, 0.25) is 0 Å². The molecule has 1 heterocycles. The highest BCUT2D eigenvalue weighted by Crippen LogP contribution is 2.67. The summed E-state index contributed by atoms with van der Waals surface area (Å²) in [5.74, 6) is -5.28. The SMILES string of the molecule is CC.CC(CCC(=O)O)C1CCC2C3C(=O)CC4CC5(CCC4(C)C3CC(=O)C12C)OC(C(=O)O)C(C(=O)O)O5. The quantitative estimate of drug-likeness (QED) is 0.426. The van der Waals surface area contributed by atoms with Crippen LogP contribution in [0.1, 0.15) is 92.4 Å². The highest BCUT2D eigenvalue weighted by atomic mass is 16.8. The zero-order valence-corrected chi connectivity index (χ0v) is 24.2. The Morgan fingerprint density at radius 2 is 1.52 bits per heavy atom. The number of aliphatic carboxylic acids is 3. The van der Waals surface area contributed by atoms with E-state index in [1.165, 1.54) is 0 Å². The number of rotatable bonds is 6. The maximum atomic E-state index is 13.9. The maximum Gasteiger partial charge on any atom is 0.336 e. The van der Waals surface area contributed by atoms with Gasteiger partial charge in [0.15, 0.2) is 18.0 Å². The molecule has 40 heavy (non-hydrogen) atoms. The second-order valence-electron chi connectivity index (χ2n) is 13.0. The molecule has 0 amide bonds. The molecule has 0 aromatic rings. The molecule has 10 nitrogen and oxygen atoms in total. The van der Waals surface area contributed by atoms with Crippen LogP contribution in [0.4, 0.5) is 0 Å². The fourth-order valence-electron chi connectivity index (χ4n) is 9.28. The van der Waals surface area contributed by atoms with Crippen LogP contribution in [-0.2, 0) is 33.4 Å². The first-order valence-corrected chi connectivity index (χ1v) is 14.8. The van der Waals surface area contributed by atoms with Gasteiger partial charge in [0.25, 0.3) is 0 Å². The predicted octanol–water partition coefficient (Wildman–Crippen LogP) is 4.18. The number of hydrogen-bond donors (Lipinski definition) is 3. The number of carboxylic acid groups (broad SMARTS) is 3. The number of carbonyl (C=O) groups excluding carboxylic acids is 2. The molecule has 3 N–H and O–H groups in total. The molecule has 10 atom stereocenters. The van der Waals surface area contributed by atoms with Crippen molar-refractivity contribution in [2.24, 2.45) is 46.3 Å². The molecule has 5 aliphatic rings. The Morgan fingerprint density at radius 3 is 2.08 bits per heavy atom. The van der Waals surface area contributed by atoms with E-state index in [0.717, 1.165) is 12.8 Å². The van der Waals surface area contributed by atoms with Gasteiger partial charge in [0.1, 0.15) is 11.6 Å². The van der Waals surface area contributed by atoms with Crippen molar-refractivity contribution in [3.8, 4) is 0 Å². The second kappa shape index (κ2) is 10.8. The number of hydrogen-bond acceptors (Lipinski definition) is 7. The van der Waals surface area contributed by atoms with Crippen LogP contribution in [0.15, 0.2) is 0 Å². The molecule has 1 aliphatic heterocycles. The molecular formula is C30H44O10. The van der Waals surface area contributed by atoms with Crippen molar-refractivity contribution >= 4 is 29.5 Å². The van der Waals surface area contributed by atoms with Gasteiger partial charge in [0.2, 0.25) is 0 Å². The van der Waals surface area contributed by atoms with Crippen molar-refractivity contribution in [3.05, 3.63) is 0 Å². The topological polar surface area (TPSA) is 164 Å². The Labute approximate surface area is 235 Å². The summed E-state index contributed by atoms with van der Waals surface area (Å²) < 4.78 is 11.5. The number of Topliss-reactive ketones (excluding diaryl/α,β-unsaturated/α-hetero) is 2. The molecular weight excluding hydrogens is 520 g/mol. The minimum absolute atomic E-state index is 0.0504. The van der Waals surface area contributed by atoms with Crippen LogP contribution < -0.4 is 0 Å². The largest absolute Gasteiger partial charge is 0.481 e. The van der Waals surface area contributed by atoms with Gasteiger partial charge >= 0.3 is 17.9 Å². The molecule has 4 saturated carbocycles. The van der Waals surface area contributed by atoms with E-state index in [1.807, 2.05) is 27.7 Å². The Morgan fingerprint density at radius 1 is 0.925 bits per heavy atom. The van der Waals surface area contributed by atoms with Crippen molar-refractivity contribution < 1.29 is 48.8 Å². The summed E-state index contributed by atoms with van der Waals surface area (Å²) in [4.78, 5) is 62.2. The van der Waals surface area contributed by atoms with E-state index >= 15 is 0 Å². The third-order valence-electron chi connectivity index (χ3n) is 11.3. The van der Waals surface area contributed by atoms with Gasteiger partial charge in [-0.05, 0) is 60.7 Å². The van der Waals surface area contributed by atoms with Gasteiger partial charge in [-0.3, -0.25) is 14.4 Å². The lowest BCUT2D eigenvalue weighted by atomic mass is 9.43. The summed E-state index contributed by atoms with van der Waals surface area (Å²) in [6.45, 7) is 10.1. The van der Waals surface area contributed by atoms with Crippen molar-refractivity contribution in [3.63, 3.8) is 0 Å². The molecule has 224 valence electrons.